The summed E-state index contributed by atoms with van der Waals surface area (Å²) in [5, 5.41) is 10.2. The first-order valence-corrected chi connectivity index (χ1v) is 8.93. The van der Waals surface area contributed by atoms with Gasteiger partial charge in [0.25, 0.3) is 0 Å². The molecule has 0 unspecified atom stereocenters. The minimum Gasteiger partial charge on any atom is -0.493 e. The average molecular weight is 407 g/mol. The van der Waals surface area contributed by atoms with Gasteiger partial charge in [0.05, 0.1) is 18.4 Å². The molecule has 2 aromatic heterocycles. The molecular formula is C20H20F3N3O3. The Morgan fingerprint density at radius 2 is 1.86 bits per heavy atom. The molecule has 0 saturated heterocycles. The van der Waals surface area contributed by atoms with E-state index in [1.54, 1.807) is 12.3 Å². The van der Waals surface area contributed by atoms with Crippen LogP contribution in [0.4, 0.5) is 13.2 Å². The molecule has 3 rings (SSSR count). The standard InChI is InChI=1S/C20H20F3N3O3/c1-13(2)9-15-10-14(7-8-24-15)11-25-12-18(27)26(19(25)28)16-3-5-17(6-4-16)29-20(21,22)23/h3-8,10,12-13,27H,9,11H2,1-2H3. The largest absolute Gasteiger partial charge is 0.573 e. The fourth-order valence-corrected chi connectivity index (χ4v) is 2.98. The van der Waals surface area contributed by atoms with Crippen LogP contribution in [0.25, 0.3) is 5.69 Å². The average Bonchev–Trinajstić information content (AvgIpc) is 2.88. The first kappa shape index (κ1) is 20.5. The highest BCUT2D eigenvalue weighted by atomic mass is 19.4. The Labute approximate surface area is 164 Å². The number of aromatic hydroxyl groups is 1. The summed E-state index contributed by atoms with van der Waals surface area (Å²) in [7, 11) is 0. The number of hydrogen-bond acceptors (Lipinski definition) is 4. The topological polar surface area (TPSA) is 69.3 Å². The maximum atomic E-state index is 12.7. The van der Waals surface area contributed by atoms with Gasteiger partial charge in [0.1, 0.15) is 5.75 Å². The predicted molar refractivity (Wildman–Crippen MR) is 100 cm³/mol. The SMILES string of the molecule is CC(C)Cc1cc(Cn2cc(O)n(-c3ccc(OC(F)(F)F)cc3)c2=O)ccn1. The van der Waals surface area contributed by atoms with Gasteiger partial charge in [-0.05, 0) is 54.3 Å². The van der Waals surface area contributed by atoms with Crippen molar-refractivity contribution in [2.24, 2.45) is 5.92 Å². The first-order valence-electron chi connectivity index (χ1n) is 8.93. The molecule has 154 valence electrons. The van der Waals surface area contributed by atoms with Gasteiger partial charge in [0.2, 0.25) is 5.88 Å². The monoisotopic (exact) mass is 407 g/mol. The lowest BCUT2D eigenvalue weighted by molar-refractivity contribution is -0.274. The molecule has 0 saturated carbocycles. The van der Waals surface area contributed by atoms with E-state index in [0.29, 0.717) is 5.92 Å². The quantitative estimate of drug-likeness (QED) is 0.673. The van der Waals surface area contributed by atoms with E-state index < -0.39 is 17.8 Å². The number of pyridine rings is 1. The molecule has 29 heavy (non-hydrogen) atoms. The van der Waals surface area contributed by atoms with Crippen molar-refractivity contribution in [3.05, 3.63) is 70.5 Å². The van der Waals surface area contributed by atoms with E-state index in [0.717, 1.165) is 34.4 Å². The molecule has 0 fully saturated rings. The molecule has 2 heterocycles. The highest BCUT2D eigenvalue weighted by Crippen LogP contribution is 2.24. The number of aromatic nitrogens is 3. The van der Waals surface area contributed by atoms with Crippen molar-refractivity contribution >= 4 is 0 Å². The zero-order chi connectivity index (χ0) is 21.2. The van der Waals surface area contributed by atoms with Gasteiger partial charge in [0, 0.05) is 11.9 Å². The third kappa shape index (κ3) is 5.18. The van der Waals surface area contributed by atoms with Gasteiger partial charge in [-0.2, -0.15) is 0 Å². The van der Waals surface area contributed by atoms with E-state index >= 15 is 0 Å². The lowest BCUT2D eigenvalue weighted by atomic mass is 10.1. The van der Waals surface area contributed by atoms with Gasteiger partial charge < -0.3 is 9.84 Å². The Hall–Kier alpha value is -3.23. The maximum Gasteiger partial charge on any atom is 0.573 e. The zero-order valence-electron chi connectivity index (χ0n) is 15.8. The smallest absolute Gasteiger partial charge is 0.493 e. The molecule has 0 radical (unpaired) electrons. The van der Waals surface area contributed by atoms with Gasteiger partial charge in [-0.3, -0.25) is 9.55 Å². The van der Waals surface area contributed by atoms with Crippen LogP contribution in [0.5, 0.6) is 11.6 Å². The van der Waals surface area contributed by atoms with Gasteiger partial charge in [0.15, 0.2) is 0 Å². The normalized spacial score (nSPS) is 11.8. The Morgan fingerprint density at radius 3 is 2.48 bits per heavy atom. The van der Waals surface area contributed by atoms with Crippen LogP contribution < -0.4 is 10.4 Å². The van der Waals surface area contributed by atoms with E-state index in [9.17, 15) is 23.1 Å². The molecule has 3 aromatic rings. The Morgan fingerprint density at radius 1 is 1.17 bits per heavy atom. The van der Waals surface area contributed by atoms with Crippen LogP contribution in [-0.4, -0.2) is 25.6 Å². The van der Waals surface area contributed by atoms with E-state index in [-0.39, 0.29) is 18.1 Å². The second kappa shape index (κ2) is 8.02. The van der Waals surface area contributed by atoms with Crippen LogP contribution in [0.1, 0.15) is 25.1 Å². The van der Waals surface area contributed by atoms with Gasteiger partial charge >= 0.3 is 12.1 Å². The van der Waals surface area contributed by atoms with Crippen LogP contribution in [0, 0.1) is 5.92 Å². The van der Waals surface area contributed by atoms with Crippen molar-refractivity contribution in [3.8, 4) is 17.3 Å². The fraction of sp³-hybridized carbons (Fsp3) is 0.300. The van der Waals surface area contributed by atoms with E-state index in [2.05, 4.69) is 23.6 Å². The summed E-state index contributed by atoms with van der Waals surface area (Å²) >= 11 is 0. The van der Waals surface area contributed by atoms with Gasteiger partial charge in [-0.1, -0.05) is 13.8 Å². The number of hydrogen-bond donors (Lipinski definition) is 1. The van der Waals surface area contributed by atoms with E-state index in [1.807, 2.05) is 6.07 Å². The summed E-state index contributed by atoms with van der Waals surface area (Å²) in [6.07, 6.45) is -1.04. The number of benzene rings is 1. The van der Waals surface area contributed by atoms with Crippen molar-refractivity contribution < 1.29 is 23.0 Å². The molecule has 0 bridgehead atoms. The molecule has 6 nitrogen and oxygen atoms in total. The number of halogens is 3. The van der Waals surface area contributed by atoms with Crippen molar-refractivity contribution in [3.63, 3.8) is 0 Å². The lowest BCUT2D eigenvalue weighted by Crippen LogP contribution is -2.23. The third-order valence-electron chi connectivity index (χ3n) is 4.12. The van der Waals surface area contributed by atoms with Crippen LogP contribution in [0.15, 0.2) is 53.6 Å². The molecule has 1 N–H and O–H groups in total. The summed E-state index contributed by atoms with van der Waals surface area (Å²) in [5.74, 6) is -0.298. The maximum absolute atomic E-state index is 12.7. The van der Waals surface area contributed by atoms with Crippen molar-refractivity contribution in [1.29, 1.82) is 0 Å². The molecule has 0 amide bonds. The Bertz CT molecular complexity index is 1040. The second-order valence-corrected chi connectivity index (χ2v) is 7.03. The summed E-state index contributed by atoms with van der Waals surface area (Å²) in [6.45, 7) is 4.40. The number of alkyl halides is 3. The second-order valence-electron chi connectivity index (χ2n) is 7.03. The molecule has 0 aliphatic carbocycles. The summed E-state index contributed by atoms with van der Waals surface area (Å²) < 4.78 is 43.0. The number of rotatable bonds is 6. The molecule has 1 aromatic carbocycles. The molecular weight excluding hydrogens is 387 g/mol. The van der Waals surface area contributed by atoms with Crippen LogP contribution in [0.3, 0.4) is 0 Å². The lowest BCUT2D eigenvalue weighted by Gasteiger charge is -2.09. The van der Waals surface area contributed by atoms with E-state index in [4.69, 9.17) is 0 Å². The summed E-state index contributed by atoms with van der Waals surface area (Å²) in [4.78, 5) is 17.0. The number of nitrogens with zero attached hydrogens (tertiary/aromatic N) is 3. The van der Waals surface area contributed by atoms with Crippen LogP contribution >= 0.6 is 0 Å². The Balaban J connectivity index is 1.85. The zero-order valence-corrected chi connectivity index (χ0v) is 15.8. The molecule has 0 spiro atoms. The summed E-state index contributed by atoms with van der Waals surface area (Å²) in [5.41, 5.74) is 1.46. The summed E-state index contributed by atoms with van der Waals surface area (Å²) in [6, 6.07) is 8.37. The fourth-order valence-electron chi connectivity index (χ4n) is 2.98. The Kier molecular flexibility index (Phi) is 5.67. The minimum atomic E-state index is -4.80. The predicted octanol–water partition coefficient (Wildman–Crippen LogP) is 3.89. The van der Waals surface area contributed by atoms with Crippen LogP contribution in [-0.2, 0) is 13.0 Å². The molecule has 0 aliphatic heterocycles. The van der Waals surface area contributed by atoms with Crippen molar-refractivity contribution in [2.45, 2.75) is 33.2 Å². The molecule has 9 heteroatoms. The minimum absolute atomic E-state index is 0.219. The molecule has 0 atom stereocenters. The number of imidazole rings is 1. The van der Waals surface area contributed by atoms with Gasteiger partial charge in [-0.15, -0.1) is 13.2 Å². The van der Waals surface area contributed by atoms with Crippen molar-refractivity contribution in [1.82, 2.24) is 14.1 Å². The molecule has 0 aliphatic rings. The van der Waals surface area contributed by atoms with Gasteiger partial charge in [-0.25, -0.2) is 9.36 Å². The third-order valence-corrected chi connectivity index (χ3v) is 4.12. The van der Waals surface area contributed by atoms with Crippen LogP contribution in [0.2, 0.25) is 0 Å². The highest BCUT2D eigenvalue weighted by molar-refractivity contribution is 5.40. The van der Waals surface area contributed by atoms with Crippen molar-refractivity contribution in [2.75, 3.05) is 0 Å². The van der Waals surface area contributed by atoms with E-state index in [1.165, 1.54) is 22.9 Å². The first-order chi connectivity index (χ1) is 13.6. The number of ether oxygens (including phenoxy) is 1. The highest BCUT2D eigenvalue weighted by Gasteiger charge is 2.31.